The monoisotopic (exact) mass is 326 g/mol. The van der Waals surface area contributed by atoms with E-state index in [4.69, 9.17) is 5.11 Å². The van der Waals surface area contributed by atoms with Crippen LogP contribution >= 0.6 is 0 Å². The number of anilines is 1. The fraction of sp³-hybridized carbons (Fsp3) is 0.200. The molecule has 0 aliphatic heterocycles. The maximum atomic E-state index is 12.2. The first-order chi connectivity index (χ1) is 10.9. The number of carbonyl (C=O) groups excluding carboxylic acids is 1. The van der Waals surface area contributed by atoms with Crippen LogP contribution in [0, 0.1) is 0 Å². The van der Waals surface area contributed by atoms with Crippen molar-refractivity contribution in [2.75, 3.05) is 5.32 Å². The highest BCUT2D eigenvalue weighted by Gasteiger charge is 2.31. The molecule has 8 heteroatoms. The average Bonchev–Trinajstić information content (AvgIpc) is 2.46. The molecule has 0 aliphatic carbocycles. The minimum absolute atomic E-state index is 0.144. The summed E-state index contributed by atoms with van der Waals surface area (Å²) in [6.07, 6.45) is -2.08. The fourth-order valence-electron chi connectivity index (χ4n) is 1.91. The van der Waals surface area contributed by atoms with E-state index in [9.17, 15) is 18.0 Å². The number of nitrogens with zero attached hydrogens (tertiary/aromatic N) is 1. The lowest BCUT2D eigenvalue weighted by Gasteiger charge is -2.11. The number of nitrogens with one attached hydrogen (secondary N) is 1. The van der Waals surface area contributed by atoms with Crippen molar-refractivity contribution >= 4 is 11.6 Å². The molecule has 1 aromatic heterocycles. The number of alkyl halides is 3. The van der Waals surface area contributed by atoms with Crippen molar-refractivity contribution in [3.63, 3.8) is 0 Å². The summed E-state index contributed by atoms with van der Waals surface area (Å²) in [6, 6.07) is 6.72. The predicted molar refractivity (Wildman–Crippen MR) is 75.6 cm³/mol. The largest absolute Gasteiger partial charge is 0.573 e. The minimum atomic E-state index is -4.79. The number of carbonyl (C=O) groups is 1. The number of pyridine rings is 1. The molecule has 23 heavy (non-hydrogen) atoms. The lowest BCUT2D eigenvalue weighted by molar-refractivity contribution is -0.274. The van der Waals surface area contributed by atoms with E-state index >= 15 is 0 Å². The number of aliphatic hydroxyl groups is 1. The van der Waals surface area contributed by atoms with Gasteiger partial charge in [-0.05, 0) is 23.8 Å². The SMILES string of the molecule is O=C(Cc1cccc(OC(F)(F)F)c1)Nc1cnccc1CO. The lowest BCUT2D eigenvalue weighted by Crippen LogP contribution is -2.18. The molecule has 0 unspecified atom stereocenters. The van der Waals surface area contributed by atoms with Gasteiger partial charge < -0.3 is 15.2 Å². The Labute approximate surface area is 129 Å². The third-order valence-electron chi connectivity index (χ3n) is 2.85. The van der Waals surface area contributed by atoms with Gasteiger partial charge in [-0.3, -0.25) is 9.78 Å². The number of benzene rings is 1. The molecule has 0 aliphatic rings. The second-order valence-corrected chi connectivity index (χ2v) is 4.61. The van der Waals surface area contributed by atoms with Gasteiger partial charge >= 0.3 is 6.36 Å². The van der Waals surface area contributed by atoms with Crippen LogP contribution in [0.25, 0.3) is 0 Å². The average molecular weight is 326 g/mol. The zero-order valence-corrected chi connectivity index (χ0v) is 11.8. The van der Waals surface area contributed by atoms with Crippen LogP contribution in [0.1, 0.15) is 11.1 Å². The lowest BCUT2D eigenvalue weighted by atomic mass is 10.1. The van der Waals surface area contributed by atoms with Crippen LogP contribution in [-0.2, 0) is 17.8 Å². The van der Waals surface area contributed by atoms with E-state index in [1.54, 1.807) is 6.07 Å². The number of hydrogen-bond donors (Lipinski definition) is 2. The molecular weight excluding hydrogens is 313 g/mol. The molecule has 0 bridgehead atoms. The molecular formula is C15H13F3N2O3. The predicted octanol–water partition coefficient (Wildman–Crippen LogP) is 2.65. The highest BCUT2D eigenvalue weighted by Crippen LogP contribution is 2.23. The van der Waals surface area contributed by atoms with Gasteiger partial charge in [0.15, 0.2) is 0 Å². The van der Waals surface area contributed by atoms with Gasteiger partial charge in [0.2, 0.25) is 5.91 Å². The van der Waals surface area contributed by atoms with Crippen LogP contribution in [0.2, 0.25) is 0 Å². The zero-order valence-electron chi connectivity index (χ0n) is 11.8. The smallest absolute Gasteiger partial charge is 0.406 e. The number of ether oxygens (including phenoxy) is 1. The molecule has 0 atom stereocenters. The number of hydrogen-bond acceptors (Lipinski definition) is 4. The van der Waals surface area contributed by atoms with Crippen molar-refractivity contribution in [2.24, 2.45) is 0 Å². The summed E-state index contributed by atoms with van der Waals surface area (Å²) in [5.41, 5.74) is 1.20. The van der Waals surface area contributed by atoms with Gasteiger partial charge in [-0.25, -0.2) is 0 Å². The number of halogens is 3. The first kappa shape index (κ1) is 16.8. The van der Waals surface area contributed by atoms with Crippen LogP contribution in [-0.4, -0.2) is 22.4 Å². The van der Waals surface area contributed by atoms with Gasteiger partial charge in [0.05, 0.1) is 24.9 Å². The van der Waals surface area contributed by atoms with E-state index in [-0.39, 0.29) is 18.8 Å². The van der Waals surface area contributed by atoms with E-state index in [0.29, 0.717) is 16.8 Å². The van der Waals surface area contributed by atoms with Crippen molar-refractivity contribution in [1.82, 2.24) is 4.98 Å². The number of rotatable bonds is 5. The molecule has 0 fully saturated rings. The summed E-state index contributed by atoms with van der Waals surface area (Å²) in [5, 5.41) is 11.7. The Morgan fingerprint density at radius 3 is 2.78 bits per heavy atom. The topological polar surface area (TPSA) is 71.5 Å². The summed E-state index contributed by atoms with van der Waals surface area (Å²) >= 11 is 0. The molecule has 0 radical (unpaired) electrons. The standard InChI is InChI=1S/C15H13F3N2O3/c16-15(17,18)23-12-3-1-2-10(6-12)7-14(22)20-13-8-19-5-4-11(13)9-21/h1-6,8,21H,7,9H2,(H,20,22). The van der Waals surface area contributed by atoms with Crippen molar-refractivity contribution in [3.8, 4) is 5.75 Å². The Hall–Kier alpha value is -2.61. The highest BCUT2D eigenvalue weighted by atomic mass is 19.4. The Bertz CT molecular complexity index is 690. The minimum Gasteiger partial charge on any atom is -0.406 e. The molecule has 1 amide bonds. The molecule has 1 aromatic carbocycles. The maximum absolute atomic E-state index is 12.2. The molecule has 1 heterocycles. The van der Waals surface area contributed by atoms with E-state index in [1.165, 1.54) is 24.5 Å². The van der Waals surface area contributed by atoms with E-state index < -0.39 is 12.3 Å². The van der Waals surface area contributed by atoms with Gasteiger partial charge in [-0.15, -0.1) is 13.2 Å². The summed E-state index contributed by atoms with van der Waals surface area (Å²) in [7, 11) is 0. The second-order valence-electron chi connectivity index (χ2n) is 4.61. The van der Waals surface area contributed by atoms with Gasteiger partial charge in [-0.2, -0.15) is 0 Å². The summed E-state index contributed by atoms with van der Waals surface area (Å²) < 4.78 is 40.3. The molecule has 2 rings (SSSR count). The van der Waals surface area contributed by atoms with Crippen molar-refractivity contribution in [1.29, 1.82) is 0 Å². The van der Waals surface area contributed by atoms with Crippen molar-refractivity contribution in [3.05, 3.63) is 53.9 Å². The molecule has 122 valence electrons. The Kier molecular flexibility index (Phi) is 5.17. The van der Waals surface area contributed by atoms with E-state index in [0.717, 1.165) is 12.1 Å². The van der Waals surface area contributed by atoms with E-state index in [1.807, 2.05) is 0 Å². The van der Waals surface area contributed by atoms with Crippen LogP contribution in [0.3, 0.4) is 0 Å². The van der Waals surface area contributed by atoms with Gasteiger partial charge in [0.25, 0.3) is 0 Å². The third kappa shape index (κ3) is 5.26. The van der Waals surface area contributed by atoms with Gasteiger partial charge in [-0.1, -0.05) is 12.1 Å². The number of aliphatic hydroxyl groups excluding tert-OH is 1. The van der Waals surface area contributed by atoms with Crippen molar-refractivity contribution in [2.45, 2.75) is 19.4 Å². The van der Waals surface area contributed by atoms with Crippen LogP contribution in [0.15, 0.2) is 42.7 Å². The highest BCUT2D eigenvalue weighted by molar-refractivity contribution is 5.92. The second kappa shape index (κ2) is 7.10. The van der Waals surface area contributed by atoms with Crippen molar-refractivity contribution < 1.29 is 27.8 Å². The first-order valence-electron chi connectivity index (χ1n) is 6.55. The summed E-state index contributed by atoms with van der Waals surface area (Å²) in [6.45, 7) is -0.271. The molecule has 0 spiro atoms. The van der Waals surface area contributed by atoms with Gasteiger partial charge in [0.1, 0.15) is 5.75 Å². The Morgan fingerprint density at radius 2 is 2.09 bits per heavy atom. The number of amides is 1. The van der Waals surface area contributed by atoms with Crippen LogP contribution in [0.4, 0.5) is 18.9 Å². The Morgan fingerprint density at radius 1 is 1.30 bits per heavy atom. The molecule has 0 saturated heterocycles. The fourth-order valence-corrected chi connectivity index (χ4v) is 1.91. The quantitative estimate of drug-likeness (QED) is 0.886. The van der Waals surface area contributed by atoms with E-state index in [2.05, 4.69) is 15.0 Å². The summed E-state index contributed by atoms with van der Waals surface area (Å²) in [4.78, 5) is 15.8. The molecule has 5 nitrogen and oxygen atoms in total. The molecule has 2 aromatic rings. The summed E-state index contributed by atoms with van der Waals surface area (Å²) in [5.74, 6) is -0.836. The van der Waals surface area contributed by atoms with Crippen LogP contribution < -0.4 is 10.1 Å². The zero-order chi connectivity index (χ0) is 16.9. The van der Waals surface area contributed by atoms with Crippen LogP contribution in [0.5, 0.6) is 5.75 Å². The normalized spacial score (nSPS) is 11.1. The molecule has 0 saturated carbocycles. The maximum Gasteiger partial charge on any atom is 0.573 e. The Balaban J connectivity index is 2.04. The first-order valence-corrected chi connectivity index (χ1v) is 6.55. The van der Waals surface area contributed by atoms with Gasteiger partial charge in [0, 0.05) is 11.8 Å². The number of aromatic nitrogens is 1. The third-order valence-corrected chi connectivity index (χ3v) is 2.85. The molecule has 2 N–H and O–H groups in total.